The van der Waals surface area contributed by atoms with E-state index < -0.39 is 0 Å². The summed E-state index contributed by atoms with van der Waals surface area (Å²) in [6.07, 6.45) is 2.19. The molecule has 1 fully saturated rings. The minimum atomic E-state index is -0.217. The molecule has 1 heterocycles. The lowest BCUT2D eigenvalue weighted by Gasteiger charge is -2.02. The highest BCUT2D eigenvalue weighted by atomic mass is 16.3. The number of anilines is 1. The minimum absolute atomic E-state index is 0.217. The summed E-state index contributed by atoms with van der Waals surface area (Å²) in [5.41, 5.74) is 0. The highest BCUT2D eigenvalue weighted by Gasteiger charge is 2.22. The van der Waals surface area contributed by atoms with Crippen LogP contribution in [0.15, 0.2) is 6.07 Å². The molecule has 0 saturated heterocycles. The van der Waals surface area contributed by atoms with Gasteiger partial charge < -0.3 is 15.5 Å². The van der Waals surface area contributed by atoms with E-state index in [1.54, 1.807) is 0 Å². The van der Waals surface area contributed by atoms with Gasteiger partial charge in [-0.2, -0.15) is 9.97 Å². The van der Waals surface area contributed by atoms with Crippen LogP contribution in [0.5, 0.6) is 11.8 Å². The van der Waals surface area contributed by atoms with E-state index >= 15 is 0 Å². The predicted octanol–water partition coefficient (Wildman–Crippen LogP) is 0.462. The maximum atomic E-state index is 8.98. The fourth-order valence-corrected chi connectivity index (χ4v) is 0.897. The van der Waals surface area contributed by atoms with E-state index in [9.17, 15) is 0 Å². The predicted molar refractivity (Wildman–Crippen MR) is 42.0 cm³/mol. The number of nitrogens with zero attached hydrogens (tertiary/aromatic N) is 2. The molecule has 1 saturated carbocycles. The zero-order valence-electron chi connectivity index (χ0n) is 6.36. The number of aromatic hydroxyl groups is 2. The first-order valence-corrected chi connectivity index (χ1v) is 3.77. The van der Waals surface area contributed by atoms with Crippen molar-refractivity contribution in [3.63, 3.8) is 0 Å². The van der Waals surface area contributed by atoms with E-state index in [1.807, 2.05) is 0 Å². The van der Waals surface area contributed by atoms with Gasteiger partial charge in [-0.1, -0.05) is 0 Å². The summed E-state index contributed by atoms with van der Waals surface area (Å²) in [5, 5.41) is 20.9. The van der Waals surface area contributed by atoms with Crippen molar-refractivity contribution >= 4 is 5.95 Å². The summed E-state index contributed by atoms with van der Waals surface area (Å²) in [7, 11) is 0. The van der Waals surface area contributed by atoms with Gasteiger partial charge >= 0.3 is 0 Å². The Morgan fingerprint density at radius 1 is 1.25 bits per heavy atom. The highest BCUT2D eigenvalue weighted by molar-refractivity contribution is 5.34. The van der Waals surface area contributed by atoms with Crippen LogP contribution in [0.1, 0.15) is 12.8 Å². The molecule has 5 heteroatoms. The molecule has 3 N–H and O–H groups in total. The standard InChI is InChI=1S/C7H9N3O2/c11-5-3-6(12)10-7(9-5)8-4-1-2-4/h3-4H,1-2H2,(H3,8,9,10,11,12). The number of aromatic nitrogens is 2. The van der Waals surface area contributed by atoms with Crippen molar-refractivity contribution in [2.75, 3.05) is 5.32 Å². The lowest BCUT2D eigenvalue weighted by Crippen LogP contribution is -2.04. The van der Waals surface area contributed by atoms with Crippen molar-refractivity contribution in [2.45, 2.75) is 18.9 Å². The van der Waals surface area contributed by atoms with Gasteiger partial charge in [0.25, 0.3) is 0 Å². The number of rotatable bonds is 2. The first kappa shape index (κ1) is 7.15. The molecule has 0 spiro atoms. The molecule has 0 aliphatic heterocycles. The molecule has 0 radical (unpaired) electrons. The van der Waals surface area contributed by atoms with Crippen LogP contribution in [0.2, 0.25) is 0 Å². The van der Waals surface area contributed by atoms with Crippen LogP contribution in [0.3, 0.4) is 0 Å². The number of hydrogen-bond acceptors (Lipinski definition) is 5. The highest BCUT2D eigenvalue weighted by Crippen LogP contribution is 2.24. The van der Waals surface area contributed by atoms with E-state index in [2.05, 4.69) is 15.3 Å². The SMILES string of the molecule is Oc1cc(O)nc(NC2CC2)n1. The van der Waals surface area contributed by atoms with Gasteiger partial charge in [0.1, 0.15) is 0 Å². The van der Waals surface area contributed by atoms with Gasteiger partial charge in [-0.25, -0.2) is 0 Å². The fourth-order valence-electron chi connectivity index (χ4n) is 0.897. The maximum Gasteiger partial charge on any atom is 0.229 e. The van der Waals surface area contributed by atoms with Crippen molar-refractivity contribution in [3.8, 4) is 11.8 Å². The summed E-state index contributed by atoms with van der Waals surface area (Å²) in [6, 6.07) is 1.50. The van der Waals surface area contributed by atoms with Gasteiger partial charge in [-0.3, -0.25) is 0 Å². The fraction of sp³-hybridized carbons (Fsp3) is 0.429. The van der Waals surface area contributed by atoms with Crippen LogP contribution in [-0.4, -0.2) is 26.2 Å². The van der Waals surface area contributed by atoms with Crippen LogP contribution in [0.4, 0.5) is 5.95 Å². The van der Waals surface area contributed by atoms with Crippen LogP contribution in [-0.2, 0) is 0 Å². The Morgan fingerprint density at radius 2 is 1.83 bits per heavy atom. The molecule has 1 aromatic heterocycles. The topological polar surface area (TPSA) is 78.3 Å². The molecule has 1 aromatic rings. The molecule has 1 aliphatic rings. The van der Waals surface area contributed by atoms with Gasteiger partial charge in [-0.05, 0) is 12.8 Å². The molecule has 2 rings (SSSR count). The second-order valence-electron chi connectivity index (χ2n) is 2.83. The van der Waals surface area contributed by atoms with E-state index in [0.717, 1.165) is 18.9 Å². The van der Waals surface area contributed by atoms with Crippen molar-refractivity contribution in [3.05, 3.63) is 6.07 Å². The van der Waals surface area contributed by atoms with Crippen molar-refractivity contribution < 1.29 is 10.2 Å². The lowest BCUT2D eigenvalue weighted by molar-refractivity contribution is 0.423. The third-order valence-electron chi connectivity index (χ3n) is 1.61. The van der Waals surface area contributed by atoms with E-state index in [4.69, 9.17) is 10.2 Å². The Hall–Kier alpha value is -1.52. The molecule has 64 valence electrons. The average molecular weight is 167 g/mol. The molecular weight excluding hydrogens is 158 g/mol. The minimum Gasteiger partial charge on any atom is -0.493 e. The zero-order chi connectivity index (χ0) is 8.55. The van der Waals surface area contributed by atoms with Gasteiger partial charge in [0.15, 0.2) is 0 Å². The second-order valence-corrected chi connectivity index (χ2v) is 2.83. The molecule has 0 bridgehead atoms. The molecule has 0 aromatic carbocycles. The molecule has 5 nitrogen and oxygen atoms in total. The van der Waals surface area contributed by atoms with Gasteiger partial charge in [0, 0.05) is 6.04 Å². The third kappa shape index (κ3) is 1.55. The average Bonchev–Trinajstić information content (AvgIpc) is 2.68. The van der Waals surface area contributed by atoms with Crippen molar-refractivity contribution in [1.29, 1.82) is 0 Å². The van der Waals surface area contributed by atoms with Crippen molar-refractivity contribution in [1.82, 2.24) is 9.97 Å². The third-order valence-corrected chi connectivity index (χ3v) is 1.61. The summed E-state index contributed by atoms with van der Waals surface area (Å²) >= 11 is 0. The Kier molecular flexibility index (Phi) is 1.49. The molecule has 0 atom stereocenters. The molecular formula is C7H9N3O2. The Balaban J connectivity index is 2.18. The monoisotopic (exact) mass is 167 g/mol. The first-order chi connectivity index (χ1) is 5.74. The smallest absolute Gasteiger partial charge is 0.229 e. The molecule has 0 amide bonds. The summed E-state index contributed by atoms with van der Waals surface area (Å²) in [5.74, 6) is -0.147. The summed E-state index contributed by atoms with van der Waals surface area (Å²) in [4.78, 5) is 7.38. The van der Waals surface area contributed by atoms with Gasteiger partial charge in [0.2, 0.25) is 17.7 Å². The van der Waals surface area contributed by atoms with Crippen LogP contribution in [0.25, 0.3) is 0 Å². The molecule has 12 heavy (non-hydrogen) atoms. The van der Waals surface area contributed by atoms with E-state index in [1.165, 1.54) is 0 Å². The quantitative estimate of drug-likeness (QED) is 0.596. The second kappa shape index (κ2) is 2.51. The van der Waals surface area contributed by atoms with E-state index in [-0.39, 0.29) is 17.7 Å². The Morgan fingerprint density at radius 3 is 2.33 bits per heavy atom. The van der Waals surface area contributed by atoms with Crippen LogP contribution >= 0.6 is 0 Å². The van der Waals surface area contributed by atoms with Gasteiger partial charge in [0.05, 0.1) is 6.07 Å². The first-order valence-electron chi connectivity index (χ1n) is 3.77. The van der Waals surface area contributed by atoms with Crippen molar-refractivity contribution in [2.24, 2.45) is 0 Å². The van der Waals surface area contributed by atoms with Crippen LogP contribution in [0, 0.1) is 0 Å². The molecule has 0 unspecified atom stereocenters. The van der Waals surface area contributed by atoms with E-state index in [0.29, 0.717) is 6.04 Å². The largest absolute Gasteiger partial charge is 0.493 e. The summed E-state index contributed by atoms with van der Waals surface area (Å²) < 4.78 is 0. The number of hydrogen-bond donors (Lipinski definition) is 3. The zero-order valence-corrected chi connectivity index (χ0v) is 6.36. The number of nitrogens with one attached hydrogen (secondary N) is 1. The summed E-state index contributed by atoms with van der Waals surface area (Å²) in [6.45, 7) is 0. The Labute approximate surface area is 69.1 Å². The molecule has 1 aliphatic carbocycles. The normalized spacial score (nSPS) is 16.0. The van der Waals surface area contributed by atoms with Gasteiger partial charge in [-0.15, -0.1) is 0 Å². The lowest BCUT2D eigenvalue weighted by atomic mass is 10.6. The Bertz CT molecular complexity index is 278. The van der Waals surface area contributed by atoms with Crippen LogP contribution < -0.4 is 5.32 Å². The maximum absolute atomic E-state index is 8.98.